The van der Waals surface area contributed by atoms with Crippen LogP contribution in [0.2, 0.25) is 0 Å². The van der Waals surface area contributed by atoms with Crippen LogP contribution in [-0.4, -0.2) is 48.5 Å². The van der Waals surface area contributed by atoms with Gasteiger partial charge < -0.3 is 10.2 Å². The lowest BCUT2D eigenvalue weighted by molar-refractivity contribution is -0.130. The van der Waals surface area contributed by atoms with Crippen LogP contribution in [0.1, 0.15) is 19.3 Å². The number of amides is 1. The highest BCUT2D eigenvalue weighted by Crippen LogP contribution is 2.23. The van der Waals surface area contributed by atoms with Gasteiger partial charge in [-0.1, -0.05) is 0 Å². The van der Waals surface area contributed by atoms with Gasteiger partial charge in [-0.25, -0.2) is 0 Å². The summed E-state index contributed by atoms with van der Waals surface area (Å²) in [5.41, 5.74) is 0. The van der Waals surface area contributed by atoms with Gasteiger partial charge in [0.2, 0.25) is 5.91 Å². The van der Waals surface area contributed by atoms with E-state index in [2.05, 4.69) is 10.2 Å². The lowest BCUT2D eigenvalue weighted by Gasteiger charge is -2.28. The van der Waals surface area contributed by atoms with E-state index in [1.165, 1.54) is 24.3 Å². The summed E-state index contributed by atoms with van der Waals surface area (Å²) in [7, 11) is 0. The molecule has 0 aromatic rings. The van der Waals surface area contributed by atoms with Crippen LogP contribution < -0.4 is 5.32 Å². The molecule has 0 bridgehead atoms. The predicted molar refractivity (Wildman–Crippen MR) is 64.1 cm³/mol. The molecule has 4 heteroatoms. The number of rotatable bonds is 2. The number of nitrogens with zero attached hydrogens (tertiary/aromatic N) is 1. The smallest absolute Gasteiger partial charge is 0.236 e. The second-order valence-corrected chi connectivity index (χ2v) is 5.65. The Bertz CT molecular complexity index is 217. The van der Waals surface area contributed by atoms with Crippen molar-refractivity contribution >= 4 is 17.7 Å². The fraction of sp³-hybridized carbons (Fsp3) is 0.909. The zero-order chi connectivity index (χ0) is 10.5. The van der Waals surface area contributed by atoms with Crippen LogP contribution in [0.3, 0.4) is 0 Å². The normalized spacial score (nSPS) is 25.3. The molecule has 0 aromatic carbocycles. The molecule has 0 saturated carbocycles. The highest BCUT2D eigenvalue weighted by Gasteiger charge is 2.21. The van der Waals surface area contributed by atoms with E-state index in [1.807, 2.05) is 11.8 Å². The Morgan fingerprint density at radius 3 is 3.00 bits per heavy atom. The van der Waals surface area contributed by atoms with E-state index in [0.717, 1.165) is 32.0 Å². The van der Waals surface area contributed by atoms with Crippen molar-refractivity contribution in [1.29, 1.82) is 0 Å². The lowest BCUT2D eigenvalue weighted by atomic mass is 10.0. The minimum atomic E-state index is 0.297. The Hall–Kier alpha value is -0.220. The van der Waals surface area contributed by atoms with Gasteiger partial charge in [0.15, 0.2) is 0 Å². The molecule has 3 nitrogen and oxygen atoms in total. The van der Waals surface area contributed by atoms with Crippen LogP contribution in [0, 0.1) is 5.92 Å². The second-order valence-electron chi connectivity index (χ2n) is 4.43. The Morgan fingerprint density at radius 2 is 2.20 bits per heavy atom. The first kappa shape index (κ1) is 11.3. The van der Waals surface area contributed by atoms with Crippen LogP contribution in [-0.2, 0) is 4.79 Å². The maximum absolute atomic E-state index is 11.7. The first-order valence-corrected chi connectivity index (χ1v) is 7.08. The minimum Gasteiger partial charge on any atom is -0.341 e. The van der Waals surface area contributed by atoms with Crippen molar-refractivity contribution in [2.24, 2.45) is 5.92 Å². The fourth-order valence-corrected chi connectivity index (χ4v) is 3.46. The van der Waals surface area contributed by atoms with Crippen LogP contribution in [0.15, 0.2) is 0 Å². The summed E-state index contributed by atoms with van der Waals surface area (Å²) < 4.78 is 0. The fourth-order valence-electron chi connectivity index (χ4n) is 2.26. The summed E-state index contributed by atoms with van der Waals surface area (Å²) in [4.78, 5) is 13.8. The van der Waals surface area contributed by atoms with Crippen molar-refractivity contribution < 1.29 is 4.79 Å². The van der Waals surface area contributed by atoms with Crippen LogP contribution >= 0.6 is 11.8 Å². The Labute approximate surface area is 96.0 Å². The van der Waals surface area contributed by atoms with Crippen molar-refractivity contribution in [3.63, 3.8) is 0 Å². The van der Waals surface area contributed by atoms with Crippen molar-refractivity contribution in [1.82, 2.24) is 10.2 Å². The molecule has 0 spiro atoms. The molecule has 1 amide bonds. The van der Waals surface area contributed by atoms with Crippen LogP contribution in [0.5, 0.6) is 0 Å². The highest BCUT2D eigenvalue weighted by molar-refractivity contribution is 7.99. The zero-order valence-electron chi connectivity index (χ0n) is 9.21. The number of thioether (sulfide) groups is 1. The van der Waals surface area contributed by atoms with E-state index in [1.54, 1.807) is 0 Å². The second kappa shape index (κ2) is 5.75. The predicted octanol–water partition coefficient (Wildman–Crippen LogP) is 0.952. The van der Waals surface area contributed by atoms with Gasteiger partial charge in [-0.15, -0.1) is 0 Å². The summed E-state index contributed by atoms with van der Waals surface area (Å²) in [5, 5.41) is 3.17. The Kier molecular flexibility index (Phi) is 4.32. The van der Waals surface area contributed by atoms with Gasteiger partial charge in [-0.3, -0.25) is 4.79 Å². The van der Waals surface area contributed by atoms with E-state index in [4.69, 9.17) is 0 Å². The van der Waals surface area contributed by atoms with Gasteiger partial charge in [-0.2, -0.15) is 11.8 Å². The van der Waals surface area contributed by atoms with E-state index < -0.39 is 0 Å². The molecule has 2 saturated heterocycles. The maximum Gasteiger partial charge on any atom is 0.236 e. The molecule has 0 aliphatic carbocycles. The first-order valence-electron chi connectivity index (χ1n) is 5.92. The summed E-state index contributed by atoms with van der Waals surface area (Å²) in [6.45, 7) is 3.49. The summed E-state index contributed by atoms with van der Waals surface area (Å²) >= 11 is 2.05. The molecule has 1 N–H and O–H groups in total. The monoisotopic (exact) mass is 228 g/mol. The summed E-state index contributed by atoms with van der Waals surface area (Å²) in [6.07, 6.45) is 3.69. The third-order valence-electron chi connectivity index (χ3n) is 3.23. The highest BCUT2D eigenvalue weighted by atomic mass is 32.2. The molecule has 2 aliphatic heterocycles. The average molecular weight is 228 g/mol. The summed E-state index contributed by atoms with van der Waals surface area (Å²) in [6, 6.07) is 0. The van der Waals surface area contributed by atoms with Gasteiger partial charge in [0, 0.05) is 13.1 Å². The number of carbonyl (C=O) groups excluding carboxylic acids is 1. The van der Waals surface area contributed by atoms with Crippen molar-refractivity contribution in [3.05, 3.63) is 0 Å². The molecule has 2 aliphatic rings. The van der Waals surface area contributed by atoms with Gasteiger partial charge >= 0.3 is 0 Å². The molecule has 15 heavy (non-hydrogen) atoms. The Balaban J connectivity index is 1.82. The third kappa shape index (κ3) is 3.38. The van der Waals surface area contributed by atoms with Crippen molar-refractivity contribution in [2.75, 3.05) is 37.7 Å². The van der Waals surface area contributed by atoms with E-state index in [0.29, 0.717) is 12.5 Å². The molecule has 0 unspecified atom stereocenters. The van der Waals surface area contributed by atoms with Crippen LogP contribution in [0.25, 0.3) is 0 Å². The maximum atomic E-state index is 11.7. The molecule has 2 fully saturated rings. The average Bonchev–Trinajstić information content (AvgIpc) is 2.46. The largest absolute Gasteiger partial charge is 0.341 e. The van der Waals surface area contributed by atoms with Crippen molar-refractivity contribution in [2.45, 2.75) is 19.3 Å². The van der Waals surface area contributed by atoms with E-state index >= 15 is 0 Å². The van der Waals surface area contributed by atoms with Gasteiger partial charge in [0.1, 0.15) is 0 Å². The number of hydrogen-bond acceptors (Lipinski definition) is 3. The molecule has 2 rings (SSSR count). The van der Waals surface area contributed by atoms with Gasteiger partial charge in [-0.05, 0) is 43.2 Å². The standard InChI is InChI=1S/C11H20N2OS/c14-11-8-12-4-1-5-13(11)9-10-2-6-15-7-3-10/h10,12H,1-9H2. The molecule has 0 aromatic heterocycles. The van der Waals surface area contributed by atoms with E-state index in [-0.39, 0.29) is 0 Å². The summed E-state index contributed by atoms with van der Waals surface area (Å²) in [5.74, 6) is 3.62. The van der Waals surface area contributed by atoms with Gasteiger partial charge in [0.05, 0.1) is 6.54 Å². The molecule has 86 valence electrons. The first-order chi connectivity index (χ1) is 7.36. The van der Waals surface area contributed by atoms with Crippen LogP contribution in [0.4, 0.5) is 0 Å². The SMILES string of the molecule is O=C1CNCCCN1CC1CCSCC1. The van der Waals surface area contributed by atoms with Gasteiger partial charge in [0.25, 0.3) is 0 Å². The topological polar surface area (TPSA) is 32.3 Å². The minimum absolute atomic E-state index is 0.297. The van der Waals surface area contributed by atoms with E-state index in [9.17, 15) is 4.79 Å². The number of nitrogens with one attached hydrogen (secondary N) is 1. The molecular weight excluding hydrogens is 208 g/mol. The molecule has 0 radical (unpaired) electrons. The molecular formula is C11H20N2OS. The molecule has 2 heterocycles. The van der Waals surface area contributed by atoms with Crippen molar-refractivity contribution in [3.8, 4) is 0 Å². The zero-order valence-corrected chi connectivity index (χ0v) is 10.0. The number of hydrogen-bond donors (Lipinski definition) is 1. The quantitative estimate of drug-likeness (QED) is 0.764. The molecule has 0 atom stereocenters. The lowest BCUT2D eigenvalue weighted by Crippen LogP contribution is -2.38. The Morgan fingerprint density at radius 1 is 1.40 bits per heavy atom. The third-order valence-corrected chi connectivity index (χ3v) is 4.28. The number of carbonyl (C=O) groups is 1.